The van der Waals surface area contributed by atoms with E-state index in [2.05, 4.69) is 58.6 Å². The Labute approximate surface area is 179 Å². The zero-order valence-corrected chi connectivity index (χ0v) is 18.7. The second-order valence-corrected chi connectivity index (χ2v) is 7.18. The smallest absolute Gasteiger partial charge is 0.224 e. The summed E-state index contributed by atoms with van der Waals surface area (Å²) >= 11 is 0. The van der Waals surface area contributed by atoms with Crippen molar-refractivity contribution in [3.05, 3.63) is 30.3 Å². The van der Waals surface area contributed by atoms with E-state index in [1.54, 1.807) is 0 Å². The maximum Gasteiger partial charge on any atom is 0.224 e. The first-order valence-electron chi connectivity index (χ1n) is 9.80. The van der Waals surface area contributed by atoms with E-state index in [0.717, 1.165) is 44.6 Å². The molecule has 27 heavy (non-hydrogen) atoms. The maximum atomic E-state index is 12.5. The second kappa shape index (κ2) is 10.7. The Morgan fingerprint density at radius 2 is 1.85 bits per heavy atom. The van der Waals surface area contributed by atoms with Gasteiger partial charge in [0.1, 0.15) is 0 Å². The van der Waals surface area contributed by atoms with Crippen molar-refractivity contribution >= 4 is 41.5 Å². The van der Waals surface area contributed by atoms with Gasteiger partial charge in [0.05, 0.1) is 6.54 Å². The molecule has 1 aromatic carbocycles. The molecular weight excluding hydrogens is 453 g/mol. The number of benzene rings is 1. The monoisotopic (exact) mass is 485 g/mol. The molecule has 1 aliphatic heterocycles. The summed E-state index contributed by atoms with van der Waals surface area (Å²) in [5.74, 6) is 1.77. The normalized spacial score (nSPS) is 22.1. The van der Waals surface area contributed by atoms with Gasteiger partial charge in [0.2, 0.25) is 5.91 Å². The summed E-state index contributed by atoms with van der Waals surface area (Å²) < 4.78 is 0. The predicted octanol–water partition coefficient (Wildman–Crippen LogP) is 2.31. The molecule has 1 saturated carbocycles. The minimum Gasteiger partial charge on any atom is -0.368 e. The number of carbonyl (C=O) groups is 1. The first kappa shape index (κ1) is 21.8. The van der Waals surface area contributed by atoms with Crippen LogP contribution in [0, 0.1) is 5.92 Å². The third-order valence-electron chi connectivity index (χ3n) is 5.13. The number of guanidine groups is 1. The first-order chi connectivity index (χ1) is 12.7. The summed E-state index contributed by atoms with van der Waals surface area (Å²) in [5.41, 5.74) is 1.24. The molecule has 0 bridgehead atoms. The van der Waals surface area contributed by atoms with Gasteiger partial charge in [0, 0.05) is 50.9 Å². The summed E-state index contributed by atoms with van der Waals surface area (Å²) in [4.78, 5) is 21.3. The van der Waals surface area contributed by atoms with Crippen LogP contribution < -0.4 is 15.5 Å². The number of nitrogens with one attached hydrogen (secondary N) is 2. The van der Waals surface area contributed by atoms with Gasteiger partial charge in [-0.25, -0.2) is 0 Å². The van der Waals surface area contributed by atoms with E-state index in [4.69, 9.17) is 0 Å². The first-order valence-corrected chi connectivity index (χ1v) is 9.80. The lowest BCUT2D eigenvalue weighted by molar-refractivity contribution is -0.131. The van der Waals surface area contributed by atoms with E-state index in [1.165, 1.54) is 12.1 Å². The third kappa shape index (κ3) is 6.55. The minimum absolute atomic E-state index is 0. The molecule has 1 saturated heterocycles. The number of aliphatic imine (C=N–C) groups is 1. The molecule has 150 valence electrons. The highest BCUT2D eigenvalue weighted by Crippen LogP contribution is 2.28. The Kier molecular flexibility index (Phi) is 8.66. The molecule has 2 atom stereocenters. The summed E-state index contributed by atoms with van der Waals surface area (Å²) in [6.45, 7) is 9.03. The van der Waals surface area contributed by atoms with Crippen LogP contribution in [0.25, 0.3) is 0 Å². The Hall–Kier alpha value is -1.51. The number of hydrogen-bond acceptors (Lipinski definition) is 3. The molecular formula is C20H32IN5O. The fourth-order valence-electron chi connectivity index (χ4n) is 3.29. The molecule has 3 rings (SSSR count). The SMILES string of the molecule is CCNC(=NCCC(=O)N1CCN(c2ccccc2)CC1)NC1CC1C.I. The molecule has 0 radical (unpaired) electrons. The summed E-state index contributed by atoms with van der Waals surface area (Å²) in [5, 5.41) is 6.69. The van der Waals surface area contributed by atoms with Gasteiger partial charge in [0.15, 0.2) is 5.96 Å². The van der Waals surface area contributed by atoms with Gasteiger partial charge in [-0.05, 0) is 31.4 Å². The number of rotatable bonds is 6. The van der Waals surface area contributed by atoms with Crippen molar-refractivity contribution in [1.29, 1.82) is 0 Å². The quantitative estimate of drug-likeness (QED) is 0.369. The number of carbonyl (C=O) groups excluding carboxylic acids is 1. The molecule has 2 unspecified atom stereocenters. The van der Waals surface area contributed by atoms with Crippen molar-refractivity contribution in [2.24, 2.45) is 10.9 Å². The van der Waals surface area contributed by atoms with E-state index in [1.807, 2.05) is 11.0 Å². The van der Waals surface area contributed by atoms with Crippen LogP contribution in [0.2, 0.25) is 0 Å². The zero-order chi connectivity index (χ0) is 18.4. The Morgan fingerprint density at radius 1 is 1.19 bits per heavy atom. The van der Waals surface area contributed by atoms with Gasteiger partial charge in [-0.1, -0.05) is 25.1 Å². The molecule has 0 aromatic heterocycles. The summed E-state index contributed by atoms with van der Waals surface area (Å²) in [6.07, 6.45) is 1.68. The van der Waals surface area contributed by atoms with Crippen LogP contribution in [-0.4, -0.2) is 62.1 Å². The molecule has 0 spiro atoms. The fraction of sp³-hybridized carbons (Fsp3) is 0.600. The van der Waals surface area contributed by atoms with Gasteiger partial charge >= 0.3 is 0 Å². The van der Waals surface area contributed by atoms with E-state index < -0.39 is 0 Å². The van der Waals surface area contributed by atoms with Gasteiger partial charge in [-0.3, -0.25) is 9.79 Å². The Balaban J connectivity index is 0.00000261. The van der Waals surface area contributed by atoms with Crippen LogP contribution in [0.4, 0.5) is 5.69 Å². The van der Waals surface area contributed by atoms with Gasteiger partial charge in [0.25, 0.3) is 0 Å². The molecule has 2 N–H and O–H groups in total. The molecule has 2 fully saturated rings. The number of piperazine rings is 1. The van der Waals surface area contributed by atoms with E-state index in [9.17, 15) is 4.79 Å². The number of hydrogen-bond donors (Lipinski definition) is 2. The van der Waals surface area contributed by atoms with Crippen molar-refractivity contribution in [2.75, 3.05) is 44.2 Å². The molecule has 2 aliphatic rings. The molecule has 1 aromatic rings. The van der Waals surface area contributed by atoms with Crippen molar-refractivity contribution in [2.45, 2.75) is 32.7 Å². The summed E-state index contributed by atoms with van der Waals surface area (Å²) in [6, 6.07) is 10.9. The lowest BCUT2D eigenvalue weighted by atomic mass is 10.2. The highest BCUT2D eigenvalue weighted by molar-refractivity contribution is 14.0. The van der Waals surface area contributed by atoms with Gasteiger partial charge in [-0.15, -0.1) is 24.0 Å². The Bertz CT molecular complexity index is 616. The van der Waals surface area contributed by atoms with Crippen molar-refractivity contribution < 1.29 is 4.79 Å². The van der Waals surface area contributed by atoms with Crippen molar-refractivity contribution in [1.82, 2.24) is 15.5 Å². The lowest BCUT2D eigenvalue weighted by Crippen LogP contribution is -2.49. The Morgan fingerprint density at radius 3 is 2.44 bits per heavy atom. The molecule has 1 aliphatic carbocycles. The predicted molar refractivity (Wildman–Crippen MR) is 122 cm³/mol. The molecule has 6 nitrogen and oxygen atoms in total. The standard InChI is InChI=1S/C20H31N5O.HI/c1-3-21-20(23-18-15-16(18)2)22-10-9-19(26)25-13-11-24(12-14-25)17-7-5-4-6-8-17;/h4-8,16,18H,3,9-15H2,1-2H3,(H2,21,22,23);1H. The highest BCUT2D eigenvalue weighted by Gasteiger charge is 2.33. The fourth-order valence-corrected chi connectivity index (χ4v) is 3.29. The number of para-hydroxylation sites is 1. The highest BCUT2D eigenvalue weighted by atomic mass is 127. The average molecular weight is 485 g/mol. The average Bonchev–Trinajstić information content (AvgIpc) is 3.37. The zero-order valence-electron chi connectivity index (χ0n) is 16.4. The largest absolute Gasteiger partial charge is 0.368 e. The second-order valence-electron chi connectivity index (χ2n) is 7.18. The molecule has 1 heterocycles. The van der Waals surface area contributed by atoms with E-state index in [0.29, 0.717) is 19.0 Å². The van der Waals surface area contributed by atoms with Crippen LogP contribution in [-0.2, 0) is 4.79 Å². The third-order valence-corrected chi connectivity index (χ3v) is 5.13. The van der Waals surface area contributed by atoms with Crippen molar-refractivity contribution in [3.8, 4) is 0 Å². The van der Waals surface area contributed by atoms with E-state index >= 15 is 0 Å². The number of halogens is 1. The minimum atomic E-state index is 0. The van der Waals surface area contributed by atoms with Crippen LogP contribution >= 0.6 is 24.0 Å². The van der Waals surface area contributed by atoms with Crippen LogP contribution in [0.5, 0.6) is 0 Å². The van der Waals surface area contributed by atoms with Gasteiger partial charge < -0.3 is 20.4 Å². The van der Waals surface area contributed by atoms with Gasteiger partial charge in [-0.2, -0.15) is 0 Å². The lowest BCUT2D eigenvalue weighted by Gasteiger charge is -2.36. The number of nitrogens with zero attached hydrogens (tertiary/aromatic N) is 3. The van der Waals surface area contributed by atoms with Crippen LogP contribution in [0.3, 0.4) is 0 Å². The topological polar surface area (TPSA) is 60.0 Å². The molecule has 1 amide bonds. The van der Waals surface area contributed by atoms with Crippen LogP contribution in [0.1, 0.15) is 26.7 Å². The molecule has 7 heteroatoms. The number of amides is 1. The number of anilines is 1. The van der Waals surface area contributed by atoms with Crippen molar-refractivity contribution in [3.63, 3.8) is 0 Å². The maximum absolute atomic E-state index is 12.5. The van der Waals surface area contributed by atoms with E-state index in [-0.39, 0.29) is 29.9 Å². The summed E-state index contributed by atoms with van der Waals surface area (Å²) in [7, 11) is 0. The van der Waals surface area contributed by atoms with Crippen LogP contribution in [0.15, 0.2) is 35.3 Å².